The Morgan fingerprint density at radius 2 is 1.76 bits per heavy atom. The Kier molecular flexibility index (Phi) is 6.28. The summed E-state index contributed by atoms with van der Waals surface area (Å²) in [5.41, 5.74) is 5.75. The topological polar surface area (TPSA) is 46.3 Å². The fourth-order valence-corrected chi connectivity index (χ4v) is 3.15. The van der Waals surface area contributed by atoms with Gasteiger partial charge in [-0.3, -0.25) is 4.79 Å². The average molecular weight is 261 g/mol. The highest BCUT2D eigenvalue weighted by molar-refractivity contribution is 5.85. The quantitative estimate of drug-likeness (QED) is 0.847. The zero-order valence-corrected chi connectivity index (χ0v) is 11.4. The summed E-state index contributed by atoms with van der Waals surface area (Å²) in [4.78, 5) is 14.3. The lowest BCUT2D eigenvalue weighted by Gasteiger charge is -2.35. The van der Waals surface area contributed by atoms with Crippen molar-refractivity contribution in [2.75, 3.05) is 13.1 Å². The van der Waals surface area contributed by atoms with Gasteiger partial charge in [0, 0.05) is 25.6 Å². The van der Waals surface area contributed by atoms with Crippen LogP contribution < -0.4 is 5.73 Å². The fourth-order valence-electron chi connectivity index (χ4n) is 3.15. The number of amides is 1. The van der Waals surface area contributed by atoms with Gasteiger partial charge in [0.2, 0.25) is 5.91 Å². The van der Waals surface area contributed by atoms with Crippen molar-refractivity contribution in [3.63, 3.8) is 0 Å². The second kappa shape index (κ2) is 7.22. The third kappa shape index (κ3) is 3.85. The molecule has 1 unspecified atom stereocenters. The first-order chi connectivity index (χ1) is 7.81. The van der Waals surface area contributed by atoms with Crippen molar-refractivity contribution in [2.45, 2.75) is 57.4 Å². The molecule has 100 valence electrons. The number of nitrogens with zero attached hydrogens (tertiary/aromatic N) is 1. The molecule has 2 N–H and O–H groups in total. The van der Waals surface area contributed by atoms with Gasteiger partial charge in [-0.15, -0.1) is 12.4 Å². The van der Waals surface area contributed by atoms with Gasteiger partial charge >= 0.3 is 0 Å². The molecule has 17 heavy (non-hydrogen) atoms. The summed E-state index contributed by atoms with van der Waals surface area (Å²) in [6.07, 6.45) is 9.42. The number of hydrogen-bond acceptors (Lipinski definition) is 2. The van der Waals surface area contributed by atoms with Crippen molar-refractivity contribution in [3.8, 4) is 0 Å². The van der Waals surface area contributed by atoms with Crippen LogP contribution >= 0.6 is 12.4 Å². The normalized spacial score (nSPS) is 25.7. The Labute approximate surface area is 111 Å². The van der Waals surface area contributed by atoms with E-state index in [1.165, 1.54) is 32.1 Å². The Balaban J connectivity index is 0.00000144. The third-order valence-corrected chi connectivity index (χ3v) is 4.16. The summed E-state index contributed by atoms with van der Waals surface area (Å²) in [6, 6.07) is 0.322. The van der Waals surface area contributed by atoms with Crippen molar-refractivity contribution in [1.29, 1.82) is 0 Å². The van der Waals surface area contributed by atoms with Gasteiger partial charge in [-0.05, 0) is 38.0 Å². The summed E-state index contributed by atoms with van der Waals surface area (Å²) >= 11 is 0. The summed E-state index contributed by atoms with van der Waals surface area (Å²) in [6.45, 7) is 1.57. The van der Waals surface area contributed by atoms with Gasteiger partial charge in [-0.2, -0.15) is 0 Å². The predicted molar refractivity (Wildman–Crippen MR) is 72.2 cm³/mol. The van der Waals surface area contributed by atoms with E-state index < -0.39 is 0 Å². The lowest BCUT2D eigenvalue weighted by molar-refractivity contribution is -0.135. The first kappa shape index (κ1) is 14.8. The van der Waals surface area contributed by atoms with Gasteiger partial charge in [0.05, 0.1) is 0 Å². The van der Waals surface area contributed by atoms with Crippen LogP contribution in [-0.2, 0) is 4.79 Å². The maximum Gasteiger partial charge on any atom is 0.223 e. The third-order valence-electron chi connectivity index (χ3n) is 4.16. The molecule has 0 aromatic heterocycles. The molecule has 2 fully saturated rings. The van der Waals surface area contributed by atoms with Crippen LogP contribution in [0.5, 0.6) is 0 Å². The average Bonchev–Trinajstić information content (AvgIpc) is 2.81. The molecular weight excluding hydrogens is 236 g/mol. The van der Waals surface area contributed by atoms with Gasteiger partial charge < -0.3 is 10.6 Å². The lowest BCUT2D eigenvalue weighted by atomic mass is 9.98. The monoisotopic (exact) mass is 260 g/mol. The number of nitrogens with two attached hydrogens (primary N) is 1. The highest BCUT2D eigenvalue weighted by atomic mass is 35.5. The van der Waals surface area contributed by atoms with Crippen molar-refractivity contribution in [3.05, 3.63) is 0 Å². The molecule has 0 aromatic rings. The van der Waals surface area contributed by atoms with Crippen LogP contribution in [-0.4, -0.2) is 29.9 Å². The van der Waals surface area contributed by atoms with Gasteiger partial charge in [-0.25, -0.2) is 0 Å². The molecule has 0 aromatic carbocycles. The van der Waals surface area contributed by atoms with Crippen molar-refractivity contribution < 1.29 is 4.79 Å². The first-order valence-corrected chi connectivity index (χ1v) is 6.81. The van der Waals surface area contributed by atoms with Gasteiger partial charge in [0.15, 0.2) is 0 Å². The second-order valence-electron chi connectivity index (χ2n) is 5.33. The molecule has 2 aliphatic rings. The number of rotatable bonds is 3. The number of hydrogen-bond donors (Lipinski definition) is 1. The largest absolute Gasteiger partial charge is 0.338 e. The Hall–Kier alpha value is -0.280. The fraction of sp³-hybridized carbons (Fsp3) is 0.923. The van der Waals surface area contributed by atoms with E-state index >= 15 is 0 Å². The van der Waals surface area contributed by atoms with E-state index in [9.17, 15) is 4.79 Å². The van der Waals surface area contributed by atoms with Crippen LogP contribution in [0.4, 0.5) is 0 Å². The molecule has 0 radical (unpaired) electrons. The van der Waals surface area contributed by atoms with E-state index in [0.29, 0.717) is 24.4 Å². The van der Waals surface area contributed by atoms with Crippen LogP contribution in [0.15, 0.2) is 0 Å². The molecule has 2 rings (SSSR count). The predicted octanol–water partition coefficient (Wildman–Crippen LogP) is 2.33. The Morgan fingerprint density at radius 3 is 2.41 bits per heavy atom. The number of piperidine rings is 1. The standard InChI is InChI=1S/C13H24N2O.ClH/c14-10-12-7-3-4-8-15(12)13(16)9-11-5-1-2-6-11;/h11-12H,1-10,14H2;1H. The van der Waals surface area contributed by atoms with E-state index in [4.69, 9.17) is 5.73 Å². The van der Waals surface area contributed by atoms with E-state index in [0.717, 1.165) is 25.8 Å². The van der Waals surface area contributed by atoms with Crippen molar-refractivity contribution >= 4 is 18.3 Å². The zero-order valence-electron chi connectivity index (χ0n) is 10.6. The maximum absolute atomic E-state index is 12.2. The zero-order chi connectivity index (χ0) is 11.4. The molecule has 1 atom stereocenters. The molecule has 1 amide bonds. The second-order valence-corrected chi connectivity index (χ2v) is 5.33. The minimum absolute atomic E-state index is 0. The molecule has 1 saturated carbocycles. The summed E-state index contributed by atoms with van der Waals surface area (Å²) < 4.78 is 0. The smallest absolute Gasteiger partial charge is 0.223 e. The van der Waals surface area contributed by atoms with Crippen molar-refractivity contribution in [1.82, 2.24) is 4.90 Å². The van der Waals surface area contributed by atoms with Crippen LogP contribution in [0, 0.1) is 5.92 Å². The summed E-state index contributed by atoms with van der Waals surface area (Å²) in [5.74, 6) is 1.02. The molecule has 1 aliphatic heterocycles. The van der Waals surface area contributed by atoms with Crippen molar-refractivity contribution in [2.24, 2.45) is 11.7 Å². The molecule has 1 aliphatic carbocycles. The number of likely N-dealkylation sites (tertiary alicyclic amines) is 1. The minimum atomic E-state index is 0. The first-order valence-electron chi connectivity index (χ1n) is 6.81. The van der Waals surface area contributed by atoms with Gasteiger partial charge in [0.25, 0.3) is 0 Å². The van der Waals surface area contributed by atoms with Crippen LogP contribution in [0.1, 0.15) is 51.4 Å². The van der Waals surface area contributed by atoms with E-state index in [1.54, 1.807) is 0 Å². The maximum atomic E-state index is 12.2. The van der Waals surface area contributed by atoms with E-state index in [-0.39, 0.29) is 12.4 Å². The summed E-state index contributed by atoms with van der Waals surface area (Å²) in [5, 5.41) is 0. The van der Waals surface area contributed by atoms with Crippen LogP contribution in [0.25, 0.3) is 0 Å². The van der Waals surface area contributed by atoms with Crippen LogP contribution in [0.2, 0.25) is 0 Å². The highest BCUT2D eigenvalue weighted by Gasteiger charge is 2.28. The Bertz CT molecular complexity index is 242. The number of halogens is 1. The SMILES string of the molecule is Cl.NCC1CCCCN1C(=O)CC1CCCC1. The molecule has 0 spiro atoms. The van der Waals surface area contributed by atoms with Gasteiger partial charge in [0.1, 0.15) is 0 Å². The lowest BCUT2D eigenvalue weighted by Crippen LogP contribution is -2.47. The van der Waals surface area contributed by atoms with Gasteiger partial charge in [-0.1, -0.05) is 12.8 Å². The number of carbonyl (C=O) groups is 1. The van der Waals surface area contributed by atoms with E-state index in [2.05, 4.69) is 4.90 Å². The van der Waals surface area contributed by atoms with E-state index in [1.807, 2.05) is 0 Å². The molecule has 1 saturated heterocycles. The highest BCUT2D eigenvalue weighted by Crippen LogP contribution is 2.29. The minimum Gasteiger partial charge on any atom is -0.338 e. The summed E-state index contributed by atoms with van der Waals surface area (Å²) in [7, 11) is 0. The molecule has 1 heterocycles. The molecule has 4 heteroatoms. The molecule has 0 bridgehead atoms. The molecule has 3 nitrogen and oxygen atoms in total. The molecular formula is C13H25ClN2O. The van der Waals surface area contributed by atoms with Crippen LogP contribution in [0.3, 0.4) is 0 Å². The Morgan fingerprint density at radius 1 is 1.12 bits per heavy atom. The number of carbonyl (C=O) groups excluding carboxylic acids is 1.